The van der Waals surface area contributed by atoms with Crippen LogP contribution >= 0.6 is 0 Å². The van der Waals surface area contributed by atoms with E-state index in [-0.39, 0.29) is 6.04 Å². The number of anilines is 1. The molecule has 2 aromatic rings. The Balaban J connectivity index is 1.96. The number of alkyl halides is 3. The smallest absolute Gasteiger partial charge is 0.365 e. The highest BCUT2D eigenvalue weighted by molar-refractivity contribution is 5.68. The molecule has 2 atom stereocenters. The highest BCUT2D eigenvalue weighted by Gasteiger charge is 2.34. The number of fused-ring (bicyclic) bond motifs is 1. The van der Waals surface area contributed by atoms with Gasteiger partial charge in [-0.05, 0) is 18.8 Å². The van der Waals surface area contributed by atoms with E-state index in [2.05, 4.69) is 22.3 Å². The van der Waals surface area contributed by atoms with Crippen LogP contribution in [0.3, 0.4) is 0 Å². The maximum absolute atomic E-state index is 12.7. The molecule has 1 aliphatic carbocycles. The number of hydrogen-bond donors (Lipinski definition) is 1. The minimum atomic E-state index is -4.44. The molecule has 0 bridgehead atoms. The predicted octanol–water partition coefficient (Wildman–Crippen LogP) is 3.35. The Hall–Kier alpha value is -1.79. The van der Waals surface area contributed by atoms with Crippen molar-refractivity contribution in [2.24, 2.45) is 5.92 Å². The SMILES string of the molecule is CC1CCCC1Nc1nccn2nc(C(F)(F)F)cc12. The molecule has 0 amide bonds. The highest BCUT2D eigenvalue weighted by atomic mass is 19.4. The van der Waals surface area contributed by atoms with Crippen molar-refractivity contribution < 1.29 is 13.2 Å². The molecule has 3 rings (SSSR count). The zero-order valence-corrected chi connectivity index (χ0v) is 11.0. The summed E-state index contributed by atoms with van der Waals surface area (Å²) in [5.74, 6) is 0.969. The van der Waals surface area contributed by atoms with Crippen LogP contribution in [0.25, 0.3) is 5.52 Å². The molecule has 108 valence electrons. The largest absolute Gasteiger partial charge is 0.435 e. The van der Waals surface area contributed by atoms with Crippen LogP contribution in [0, 0.1) is 5.92 Å². The fourth-order valence-corrected chi connectivity index (χ4v) is 2.71. The summed E-state index contributed by atoms with van der Waals surface area (Å²) in [5.41, 5.74) is -0.535. The van der Waals surface area contributed by atoms with Gasteiger partial charge in [0.2, 0.25) is 0 Å². The van der Waals surface area contributed by atoms with Crippen LogP contribution in [0.1, 0.15) is 31.9 Å². The Morgan fingerprint density at radius 2 is 2.15 bits per heavy atom. The second-order valence-corrected chi connectivity index (χ2v) is 5.29. The molecule has 20 heavy (non-hydrogen) atoms. The molecular formula is C13H15F3N4. The van der Waals surface area contributed by atoms with Gasteiger partial charge in [-0.25, -0.2) is 9.50 Å². The van der Waals surface area contributed by atoms with Crippen molar-refractivity contribution in [1.82, 2.24) is 14.6 Å². The molecule has 1 saturated carbocycles. The standard InChI is InChI=1S/C13H15F3N4/c1-8-3-2-4-9(8)18-12-10-7-11(13(14,15)16)19-20(10)6-5-17-12/h5-9H,2-4H2,1H3,(H,17,18). The number of halogens is 3. The number of rotatable bonds is 2. The Kier molecular flexibility index (Phi) is 3.07. The Labute approximate surface area is 114 Å². The zero-order valence-electron chi connectivity index (χ0n) is 11.0. The fraction of sp³-hybridized carbons (Fsp3) is 0.538. The van der Waals surface area contributed by atoms with E-state index in [1.165, 1.54) is 16.9 Å². The number of nitrogens with zero attached hydrogens (tertiary/aromatic N) is 3. The van der Waals surface area contributed by atoms with Gasteiger partial charge in [0, 0.05) is 24.5 Å². The molecule has 0 spiro atoms. The first-order valence-electron chi connectivity index (χ1n) is 6.63. The molecule has 1 aliphatic rings. The van der Waals surface area contributed by atoms with Gasteiger partial charge in [-0.15, -0.1) is 0 Å². The lowest BCUT2D eigenvalue weighted by Gasteiger charge is -2.18. The molecule has 1 N–H and O–H groups in total. The van der Waals surface area contributed by atoms with Crippen LogP contribution in [-0.4, -0.2) is 20.6 Å². The minimum absolute atomic E-state index is 0.262. The first-order chi connectivity index (χ1) is 9.45. The van der Waals surface area contributed by atoms with Gasteiger partial charge in [0.25, 0.3) is 0 Å². The molecule has 7 heteroatoms. The fourth-order valence-electron chi connectivity index (χ4n) is 2.71. The topological polar surface area (TPSA) is 42.2 Å². The summed E-state index contributed by atoms with van der Waals surface area (Å²) in [6.07, 6.45) is 1.73. The maximum atomic E-state index is 12.7. The molecule has 4 nitrogen and oxygen atoms in total. The quantitative estimate of drug-likeness (QED) is 0.919. The first-order valence-corrected chi connectivity index (χ1v) is 6.63. The van der Waals surface area contributed by atoms with E-state index >= 15 is 0 Å². The molecule has 2 heterocycles. The average Bonchev–Trinajstić information content (AvgIpc) is 2.96. The Morgan fingerprint density at radius 3 is 2.80 bits per heavy atom. The van der Waals surface area contributed by atoms with E-state index in [4.69, 9.17) is 0 Å². The van der Waals surface area contributed by atoms with E-state index in [0.29, 0.717) is 17.3 Å². The Morgan fingerprint density at radius 1 is 1.35 bits per heavy atom. The molecule has 0 radical (unpaired) electrons. The summed E-state index contributed by atoms with van der Waals surface area (Å²) >= 11 is 0. The molecule has 2 unspecified atom stereocenters. The molecule has 0 aliphatic heterocycles. The van der Waals surface area contributed by atoms with Gasteiger partial charge < -0.3 is 5.32 Å². The first kappa shape index (κ1) is 13.2. The van der Waals surface area contributed by atoms with Gasteiger partial charge in [0.1, 0.15) is 5.52 Å². The molecule has 2 aromatic heterocycles. The molecule has 0 aromatic carbocycles. The van der Waals surface area contributed by atoms with Crippen molar-refractivity contribution in [1.29, 1.82) is 0 Å². The molecule has 0 saturated heterocycles. The van der Waals surface area contributed by atoms with Gasteiger partial charge in [-0.1, -0.05) is 13.3 Å². The van der Waals surface area contributed by atoms with Crippen LogP contribution in [0.5, 0.6) is 0 Å². The lowest BCUT2D eigenvalue weighted by molar-refractivity contribution is -0.141. The van der Waals surface area contributed by atoms with Gasteiger partial charge in [-0.3, -0.25) is 0 Å². The summed E-state index contributed by atoms with van der Waals surface area (Å²) in [6, 6.07) is 1.30. The van der Waals surface area contributed by atoms with E-state index in [1.54, 1.807) is 0 Å². The van der Waals surface area contributed by atoms with E-state index in [1.807, 2.05) is 0 Å². The van der Waals surface area contributed by atoms with Gasteiger partial charge >= 0.3 is 6.18 Å². The normalized spacial score (nSPS) is 23.4. The monoisotopic (exact) mass is 284 g/mol. The van der Waals surface area contributed by atoms with Gasteiger partial charge in [0.05, 0.1) is 0 Å². The minimum Gasteiger partial charge on any atom is -0.365 e. The lowest BCUT2D eigenvalue weighted by atomic mass is 10.1. The number of nitrogens with one attached hydrogen (secondary N) is 1. The van der Waals surface area contributed by atoms with Gasteiger partial charge in [-0.2, -0.15) is 18.3 Å². The lowest BCUT2D eigenvalue weighted by Crippen LogP contribution is -2.22. The predicted molar refractivity (Wildman–Crippen MR) is 68.4 cm³/mol. The van der Waals surface area contributed by atoms with Crippen LogP contribution in [0.4, 0.5) is 19.0 Å². The van der Waals surface area contributed by atoms with Crippen LogP contribution in [0.15, 0.2) is 18.5 Å². The Bertz CT molecular complexity index is 620. The van der Waals surface area contributed by atoms with Crippen LogP contribution in [0.2, 0.25) is 0 Å². The summed E-state index contributed by atoms with van der Waals surface area (Å²) in [4.78, 5) is 4.16. The van der Waals surface area contributed by atoms with Gasteiger partial charge in [0.15, 0.2) is 11.5 Å². The summed E-state index contributed by atoms with van der Waals surface area (Å²) < 4.78 is 39.3. The third-order valence-corrected chi connectivity index (χ3v) is 3.86. The molecule has 1 fully saturated rings. The van der Waals surface area contributed by atoms with Crippen molar-refractivity contribution in [3.63, 3.8) is 0 Å². The third-order valence-electron chi connectivity index (χ3n) is 3.86. The van der Waals surface area contributed by atoms with Crippen molar-refractivity contribution in [3.05, 3.63) is 24.2 Å². The van der Waals surface area contributed by atoms with E-state index in [9.17, 15) is 13.2 Å². The zero-order chi connectivity index (χ0) is 14.3. The maximum Gasteiger partial charge on any atom is 0.435 e. The van der Waals surface area contributed by atoms with Crippen LogP contribution < -0.4 is 5.32 Å². The van der Waals surface area contributed by atoms with Crippen molar-refractivity contribution in [2.45, 2.75) is 38.4 Å². The number of hydrogen-bond acceptors (Lipinski definition) is 3. The highest BCUT2D eigenvalue weighted by Crippen LogP contribution is 2.32. The third kappa shape index (κ3) is 2.32. The van der Waals surface area contributed by atoms with E-state index in [0.717, 1.165) is 25.3 Å². The summed E-state index contributed by atoms with van der Waals surface area (Å²) in [7, 11) is 0. The van der Waals surface area contributed by atoms with Crippen molar-refractivity contribution in [2.75, 3.05) is 5.32 Å². The molecular weight excluding hydrogens is 269 g/mol. The second-order valence-electron chi connectivity index (χ2n) is 5.29. The summed E-state index contributed by atoms with van der Waals surface area (Å²) in [5, 5.41) is 6.81. The second kappa shape index (κ2) is 4.64. The number of aromatic nitrogens is 3. The van der Waals surface area contributed by atoms with Crippen molar-refractivity contribution >= 4 is 11.3 Å². The van der Waals surface area contributed by atoms with E-state index < -0.39 is 11.9 Å². The van der Waals surface area contributed by atoms with Crippen LogP contribution in [-0.2, 0) is 6.18 Å². The summed E-state index contributed by atoms with van der Waals surface area (Å²) in [6.45, 7) is 2.14. The average molecular weight is 284 g/mol. The van der Waals surface area contributed by atoms with Crippen molar-refractivity contribution in [3.8, 4) is 0 Å².